The van der Waals surface area contributed by atoms with Crippen LogP contribution in [-0.2, 0) is 0 Å². The Labute approximate surface area is 108 Å². The molecule has 0 atom stereocenters. The topological polar surface area (TPSA) is 73.1 Å². The summed E-state index contributed by atoms with van der Waals surface area (Å²) in [5, 5.41) is 0. The first-order chi connectivity index (χ1) is 8.69. The molecule has 0 spiro atoms. The summed E-state index contributed by atoms with van der Waals surface area (Å²) in [4.78, 5) is 8.77. The van der Waals surface area contributed by atoms with Crippen LogP contribution in [0, 0.1) is 5.92 Å². The lowest BCUT2D eigenvalue weighted by Gasteiger charge is -2.09. The van der Waals surface area contributed by atoms with Gasteiger partial charge in [0, 0.05) is 12.0 Å². The number of aromatic nitrogens is 2. The molecule has 0 radical (unpaired) electrons. The van der Waals surface area contributed by atoms with Crippen LogP contribution in [0.2, 0.25) is 0 Å². The van der Waals surface area contributed by atoms with Gasteiger partial charge in [0.05, 0.1) is 6.61 Å². The first-order valence-electron chi connectivity index (χ1n) is 6.67. The van der Waals surface area contributed by atoms with E-state index in [1.807, 2.05) is 0 Å². The maximum atomic E-state index is 5.67. The van der Waals surface area contributed by atoms with E-state index in [-0.39, 0.29) is 0 Å². The summed E-state index contributed by atoms with van der Waals surface area (Å²) in [5.74, 6) is 8.72. The minimum Gasteiger partial charge on any atom is -0.478 e. The predicted molar refractivity (Wildman–Crippen MR) is 71.4 cm³/mol. The second-order valence-corrected chi connectivity index (χ2v) is 5.25. The first kappa shape index (κ1) is 13.1. The van der Waals surface area contributed by atoms with E-state index in [4.69, 9.17) is 10.6 Å². The Hall–Kier alpha value is -1.36. The maximum Gasteiger partial charge on any atom is 0.218 e. The van der Waals surface area contributed by atoms with Gasteiger partial charge in [-0.3, -0.25) is 0 Å². The standard InChI is InChI=1S/C13H22N4O/c1-9(2)4-3-7-18-12-8-11(17-14)15-13(16-12)10-5-6-10/h8-10H,3-7,14H2,1-2H3,(H,15,16,17). The molecule has 5 nitrogen and oxygen atoms in total. The Morgan fingerprint density at radius 3 is 2.83 bits per heavy atom. The highest BCUT2D eigenvalue weighted by Gasteiger charge is 2.27. The van der Waals surface area contributed by atoms with Gasteiger partial charge < -0.3 is 10.2 Å². The molecule has 2 rings (SSSR count). The second-order valence-electron chi connectivity index (χ2n) is 5.25. The summed E-state index contributed by atoms with van der Waals surface area (Å²) in [6, 6.07) is 1.75. The minimum atomic E-state index is 0.497. The number of nitrogens with zero attached hydrogens (tertiary/aromatic N) is 2. The van der Waals surface area contributed by atoms with E-state index >= 15 is 0 Å². The Balaban J connectivity index is 1.92. The van der Waals surface area contributed by atoms with Crippen LogP contribution in [0.3, 0.4) is 0 Å². The van der Waals surface area contributed by atoms with Gasteiger partial charge in [-0.05, 0) is 31.6 Å². The average Bonchev–Trinajstić information content (AvgIpc) is 3.18. The molecule has 0 saturated heterocycles. The molecule has 1 aliphatic carbocycles. The van der Waals surface area contributed by atoms with Crippen molar-refractivity contribution in [3.05, 3.63) is 11.9 Å². The molecule has 1 heterocycles. The van der Waals surface area contributed by atoms with Gasteiger partial charge in [-0.25, -0.2) is 10.8 Å². The van der Waals surface area contributed by atoms with E-state index < -0.39 is 0 Å². The van der Waals surface area contributed by atoms with Crippen molar-refractivity contribution in [2.75, 3.05) is 12.0 Å². The Bertz CT molecular complexity index is 391. The fourth-order valence-electron chi connectivity index (χ4n) is 1.78. The first-order valence-corrected chi connectivity index (χ1v) is 6.67. The zero-order valence-corrected chi connectivity index (χ0v) is 11.1. The third kappa shape index (κ3) is 3.84. The smallest absolute Gasteiger partial charge is 0.218 e. The van der Waals surface area contributed by atoms with E-state index in [2.05, 4.69) is 29.2 Å². The molecule has 1 aliphatic rings. The minimum absolute atomic E-state index is 0.497. The van der Waals surface area contributed by atoms with Gasteiger partial charge in [-0.2, -0.15) is 4.98 Å². The van der Waals surface area contributed by atoms with Gasteiger partial charge in [0.25, 0.3) is 0 Å². The Morgan fingerprint density at radius 2 is 2.22 bits per heavy atom. The molecule has 1 aromatic heterocycles. The highest BCUT2D eigenvalue weighted by atomic mass is 16.5. The van der Waals surface area contributed by atoms with E-state index in [0.717, 1.165) is 12.2 Å². The van der Waals surface area contributed by atoms with Gasteiger partial charge in [-0.1, -0.05) is 13.8 Å². The number of nitrogen functional groups attached to an aromatic ring is 1. The normalized spacial score (nSPS) is 14.9. The molecule has 0 amide bonds. The van der Waals surface area contributed by atoms with Crippen molar-refractivity contribution in [1.82, 2.24) is 9.97 Å². The zero-order chi connectivity index (χ0) is 13.0. The maximum absolute atomic E-state index is 5.67. The van der Waals surface area contributed by atoms with Crippen molar-refractivity contribution in [2.24, 2.45) is 11.8 Å². The number of ether oxygens (including phenoxy) is 1. The third-order valence-corrected chi connectivity index (χ3v) is 2.99. The molecule has 100 valence electrons. The van der Waals surface area contributed by atoms with E-state index in [9.17, 15) is 0 Å². The van der Waals surface area contributed by atoms with Crippen molar-refractivity contribution in [3.8, 4) is 5.88 Å². The summed E-state index contributed by atoms with van der Waals surface area (Å²) < 4.78 is 5.67. The van der Waals surface area contributed by atoms with E-state index in [0.29, 0.717) is 30.1 Å². The quantitative estimate of drug-likeness (QED) is 0.442. The van der Waals surface area contributed by atoms with Crippen LogP contribution in [0.5, 0.6) is 5.88 Å². The van der Waals surface area contributed by atoms with Gasteiger partial charge in [0.1, 0.15) is 11.6 Å². The van der Waals surface area contributed by atoms with E-state index in [1.165, 1.54) is 19.3 Å². The summed E-state index contributed by atoms with van der Waals surface area (Å²) in [5.41, 5.74) is 2.57. The largest absolute Gasteiger partial charge is 0.478 e. The molecule has 1 aromatic rings. The van der Waals surface area contributed by atoms with Gasteiger partial charge in [0.2, 0.25) is 5.88 Å². The number of nitrogens with one attached hydrogen (secondary N) is 1. The number of anilines is 1. The summed E-state index contributed by atoms with van der Waals surface area (Å²) in [7, 11) is 0. The zero-order valence-electron chi connectivity index (χ0n) is 11.1. The predicted octanol–water partition coefficient (Wildman–Crippen LogP) is 2.45. The number of hydrazine groups is 1. The average molecular weight is 250 g/mol. The molecule has 5 heteroatoms. The summed E-state index contributed by atoms with van der Waals surface area (Å²) in [6.07, 6.45) is 4.55. The fourth-order valence-corrected chi connectivity index (χ4v) is 1.78. The van der Waals surface area contributed by atoms with Crippen LogP contribution in [-0.4, -0.2) is 16.6 Å². The van der Waals surface area contributed by atoms with Gasteiger partial charge in [-0.15, -0.1) is 0 Å². The SMILES string of the molecule is CC(C)CCCOc1cc(NN)nc(C2CC2)n1. The van der Waals surface area contributed by atoms with Crippen LogP contribution < -0.4 is 16.0 Å². The van der Waals surface area contributed by atoms with Gasteiger partial charge >= 0.3 is 0 Å². The van der Waals surface area contributed by atoms with Crippen LogP contribution in [0.25, 0.3) is 0 Å². The molecule has 3 N–H and O–H groups in total. The molecule has 1 saturated carbocycles. The lowest BCUT2D eigenvalue weighted by Crippen LogP contribution is -2.11. The molecular weight excluding hydrogens is 228 g/mol. The van der Waals surface area contributed by atoms with Crippen LogP contribution in [0.1, 0.15) is 51.3 Å². The second kappa shape index (κ2) is 6.00. The number of hydrogen-bond donors (Lipinski definition) is 2. The fraction of sp³-hybridized carbons (Fsp3) is 0.692. The summed E-state index contributed by atoms with van der Waals surface area (Å²) >= 11 is 0. The Kier molecular flexibility index (Phi) is 4.36. The van der Waals surface area contributed by atoms with Crippen LogP contribution in [0.4, 0.5) is 5.82 Å². The van der Waals surface area contributed by atoms with Gasteiger partial charge in [0.15, 0.2) is 0 Å². The van der Waals surface area contributed by atoms with Crippen LogP contribution >= 0.6 is 0 Å². The molecular formula is C13H22N4O. The van der Waals surface area contributed by atoms with E-state index in [1.54, 1.807) is 6.07 Å². The van der Waals surface area contributed by atoms with Crippen molar-refractivity contribution >= 4 is 5.82 Å². The molecule has 18 heavy (non-hydrogen) atoms. The molecule has 0 aliphatic heterocycles. The Morgan fingerprint density at radius 1 is 1.44 bits per heavy atom. The molecule has 0 bridgehead atoms. The number of nitrogens with two attached hydrogens (primary N) is 1. The molecule has 0 unspecified atom stereocenters. The highest BCUT2D eigenvalue weighted by molar-refractivity contribution is 5.38. The van der Waals surface area contributed by atoms with Crippen LogP contribution in [0.15, 0.2) is 6.07 Å². The summed E-state index contributed by atoms with van der Waals surface area (Å²) in [6.45, 7) is 5.13. The van der Waals surface area contributed by atoms with Crippen molar-refractivity contribution in [3.63, 3.8) is 0 Å². The number of hydrogen-bond acceptors (Lipinski definition) is 5. The molecule has 1 fully saturated rings. The van der Waals surface area contributed by atoms with Crippen molar-refractivity contribution < 1.29 is 4.74 Å². The van der Waals surface area contributed by atoms with Crippen molar-refractivity contribution in [1.29, 1.82) is 0 Å². The third-order valence-electron chi connectivity index (χ3n) is 2.99. The highest BCUT2D eigenvalue weighted by Crippen LogP contribution is 2.39. The lowest BCUT2D eigenvalue weighted by atomic mass is 10.1. The monoisotopic (exact) mass is 250 g/mol. The van der Waals surface area contributed by atoms with Crippen molar-refractivity contribution in [2.45, 2.75) is 45.4 Å². The molecule has 0 aromatic carbocycles. The number of rotatable bonds is 7. The lowest BCUT2D eigenvalue weighted by molar-refractivity contribution is 0.286.